The van der Waals surface area contributed by atoms with Crippen molar-refractivity contribution in [3.8, 4) is 11.4 Å². The Bertz CT molecular complexity index is 871. The number of nitrogens with one attached hydrogen (secondary N) is 2. The Balaban J connectivity index is 1.47. The maximum Gasteiger partial charge on any atom is 0.191 e. The molecule has 1 unspecified atom stereocenters. The first-order valence-corrected chi connectivity index (χ1v) is 10.2. The molecule has 1 atom stereocenters. The minimum atomic E-state index is 0.534. The molecule has 0 saturated carbocycles. The lowest BCUT2D eigenvalue weighted by atomic mass is 10.1. The van der Waals surface area contributed by atoms with Crippen LogP contribution >= 0.6 is 11.3 Å². The van der Waals surface area contributed by atoms with Gasteiger partial charge >= 0.3 is 0 Å². The quantitative estimate of drug-likeness (QED) is 0.451. The third kappa shape index (κ3) is 5.60. The van der Waals surface area contributed by atoms with Gasteiger partial charge in [-0.1, -0.05) is 13.0 Å². The fourth-order valence-electron chi connectivity index (χ4n) is 2.84. The van der Waals surface area contributed by atoms with Crippen LogP contribution in [0.5, 0.6) is 5.75 Å². The highest BCUT2D eigenvalue weighted by atomic mass is 32.1. The number of nitrogens with zero attached hydrogens (tertiary/aromatic N) is 3. The van der Waals surface area contributed by atoms with Gasteiger partial charge in [0.2, 0.25) is 0 Å². The Morgan fingerprint density at radius 1 is 1.21 bits per heavy atom. The number of aliphatic imine (C=N–C) groups is 1. The van der Waals surface area contributed by atoms with Crippen LogP contribution < -0.4 is 15.4 Å². The molecule has 2 heterocycles. The Morgan fingerprint density at radius 3 is 2.71 bits per heavy atom. The molecule has 0 aliphatic heterocycles. The Morgan fingerprint density at radius 2 is 2.04 bits per heavy atom. The molecule has 2 N–H and O–H groups in total. The van der Waals surface area contributed by atoms with Crippen molar-refractivity contribution >= 4 is 17.3 Å². The molecular formula is C21H27N5OS. The Labute approximate surface area is 170 Å². The largest absolute Gasteiger partial charge is 0.497 e. The van der Waals surface area contributed by atoms with Crippen molar-refractivity contribution in [3.63, 3.8) is 0 Å². The minimum Gasteiger partial charge on any atom is -0.497 e. The summed E-state index contributed by atoms with van der Waals surface area (Å²) in [6, 6.07) is 14.1. The number of methoxy groups -OCH3 is 1. The molecule has 2 aromatic heterocycles. The predicted octanol–water partition coefficient (Wildman–Crippen LogP) is 3.49. The van der Waals surface area contributed by atoms with E-state index in [-0.39, 0.29) is 0 Å². The van der Waals surface area contributed by atoms with Gasteiger partial charge in [-0.25, -0.2) is 4.68 Å². The highest BCUT2D eigenvalue weighted by Crippen LogP contribution is 2.15. The number of benzene rings is 1. The van der Waals surface area contributed by atoms with Crippen LogP contribution in [-0.2, 0) is 13.0 Å². The van der Waals surface area contributed by atoms with Crippen LogP contribution in [0, 0.1) is 5.92 Å². The number of hydrogen-bond donors (Lipinski definition) is 2. The summed E-state index contributed by atoms with van der Waals surface area (Å²) in [7, 11) is 3.45. The molecule has 3 aromatic rings. The van der Waals surface area contributed by atoms with Crippen LogP contribution in [0.25, 0.3) is 5.69 Å². The fourth-order valence-corrected chi connectivity index (χ4v) is 3.71. The monoisotopic (exact) mass is 397 g/mol. The first kappa shape index (κ1) is 19.9. The SMILES string of the molecule is CN=C(NCc1ccn(-c2ccc(OC)cc2)n1)NCC(C)Cc1cccs1. The van der Waals surface area contributed by atoms with Gasteiger partial charge < -0.3 is 15.4 Å². The van der Waals surface area contributed by atoms with Gasteiger partial charge in [0, 0.05) is 24.7 Å². The molecule has 6 nitrogen and oxygen atoms in total. The first-order valence-electron chi connectivity index (χ1n) is 9.34. The second-order valence-electron chi connectivity index (χ2n) is 6.64. The summed E-state index contributed by atoms with van der Waals surface area (Å²) in [5, 5.41) is 13.5. The molecule has 28 heavy (non-hydrogen) atoms. The van der Waals surface area contributed by atoms with E-state index in [4.69, 9.17) is 4.74 Å². The molecule has 1 aromatic carbocycles. The van der Waals surface area contributed by atoms with Gasteiger partial charge in [-0.3, -0.25) is 4.99 Å². The molecule has 0 aliphatic carbocycles. The number of guanidine groups is 1. The van der Waals surface area contributed by atoms with Crippen molar-refractivity contribution in [2.75, 3.05) is 20.7 Å². The van der Waals surface area contributed by atoms with Crippen LogP contribution in [0.1, 0.15) is 17.5 Å². The summed E-state index contributed by atoms with van der Waals surface area (Å²) < 4.78 is 7.05. The number of hydrogen-bond acceptors (Lipinski definition) is 4. The smallest absolute Gasteiger partial charge is 0.191 e. The van der Waals surface area contributed by atoms with E-state index in [1.807, 2.05) is 52.5 Å². The van der Waals surface area contributed by atoms with Gasteiger partial charge in [0.15, 0.2) is 5.96 Å². The molecule has 0 amide bonds. The maximum absolute atomic E-state index is 5.20. The van der Waals surface area contributed by atoms with Gasteiger partial charge in [-0.15, -0.1) is 11.3 Å². The van der Waals surface area contributed by atoms with E-state index in [9.17, 15) is 0 Å². The fraction of sp³-hybridized carbons (Fsp3) is 0.333. The molecule has 0 fully saturated rings. The van der Waals surface area contributed by atoms with Crippen LogP contribution in [0.15, 0.2) is 59.0 Å². The van der Waals surface area contributed by atoms with Crippen molar-refractivity contribution in [1.29, 1.82) is 0 Å². The van der Waals surface area contributed by atoms with E-state index in [1.165, 1.54) is 4.88 Å². The zero-order chi connectivity index (χ0) is 19.8. The summed E-state index contributed by atoms with van der Waals surface area (Å²) >= 11 is 1.81. The van der Waals surface area contributed by atoms with Gasteiger partial charge in [0.25, 0.3) is 0 Å². The van der Waals surface area contributed by atoms with E-state index >= 15 is 0 Å². The lowest BCUT2D eigenvalue weighted by Crippen LogP contribution is -2.39. The van der Waals surface area contributed by atoms with E-state index in [0.29, 0.717) is 12.5 Å². The van der Waals surface area contributed by atoms with Crippen LogP contribution in [0.3, 0.4) is 0 Å². The maximum atomic E-state index is 5.20. The topological polar surface area (TPSA) is 63.5 Å². The molecule has 0 radical (unpaired) electrons. The third-order valence-corrected chi connectivity index (χ3v) is 5.29. The van der Waals surface area contributed by atoms with Crippen molar-refractivity contribution < 1.29 is 4.74 Å². The molecule has 0 saturated heterocycles. The Kier molecular flexibility index (Phi) is 7.08. The second kappa shape index (κ2) is 9.94. The molecule has 0 bridgehead atoms. The first-order chi connectivity index (χ1) is 13.7. The number of thiophene rings is 1. The lowest BCUT2D eigenvalue weighted by molar-refractivity contribution is 0.414. The highest BCUT2D eigenvalue weighted by molar-refractivity contribution is 7.09. The molecule has 0 spiro atoms. The van der Waals surface area contributed by atoms with Crippen LogP contribution in [-0.4, -0.2) is 36.4 Å². The predicted molar refractivity (Wildman–Crippen MR) is 116 cm³/mol. The molecule has 148 valence electrons. The van der Waals surface area contributed by atoms with Crippen molar-refractivity contribution in [1.82, 2.24) is 20.4 Å². The third-order valence-electron chi connectivity index (χ3n) is 4.39. The van der Waals surface area contributed by atoms with Gasteiger partial charge in [-0.2, -0.15) is 5.10 Å². The van der Waals surface area contributed by atoms with Crippen molar-refractivity contribution in [3.05, 3.63) is 64.6 Å². The minimum absolute atomic E-state index is 0.534. The van der Waals surface area contributed by atoms with Crippen LogP contribution in [0.4, 0.5) is 0 Å². The van der Waals surface area contributed by atoms with E-state index in [2.05, 4.69) is 45.2 Å². The number of rotatable bonds is 8. The summed E-state index contributed by atoms with van der Waals surface area (Å²) in [5.41, 5.74) is 1.95. The summed E-state index contributed by atoms with van der Waals surface area (Å²) in [6.45, 7) is 3.73. The second-order valence-corrected chi connectivity index (χ2v) is 7.68. The van der Waals surface area contributed by atoms with E-state index < -0.39 is 0 Å². The summed E-state index contributed by atoms with van der Waals surface area (Å²) in [6.07, 6.45) is 3.03. The van der Waals surface area contributed by atoms with Gasteiger partial charge in [0.1, 0.15) is 5.75 Å². The zero-order valence-corrected chi connectivity index (χ0v) is 17.4. The molecular weight excluding hydrogens is 370 g/mol. The lowest BCUT2D eigenvalue weighted by Gasteiger charge is -2.15. The van der Waals surface area contributed by atoms with E-state index in [0.717, 1.165) is 36.1 Å². The zero-order valence-electron chi connectivity index (χ0n) is 16.6. The highest BCUT2D eigenvalue weighted by Gasteiger charge is 2.07. The normalized spacial score (nSPS) is 12.6. The average Bonchev–Trinajstić information content (AvgIpc) is 3.40. The van der Waals surface area contributed by atoms with Gasteiger partial charge in [0.05, 0.1) is 25.0 Å². The summed E-state index contributed by atoms with van der Waals surface area (Å²) in [5.74, 6) is 2.16. The Hall–Kier alpha value is -2.80. The molecule has 7 heteroatoms. The average molecular weight is 398 g/mol. The van der Waals surface area contributed by atoms with Crippen LogP contribution in [0.2, 0.25) is 0 Å². The van der Waals surface area contributed by atoms with Crippen molar-refractivity contribution in [2.24, 2.45) is 10.9 Å². The van der Waals surface area contributed by atoms with Gasteiger partial charge in [-0.05, 0) is 54.1 Å². The summed E-state index contributed by atoms with van der Waals surface area (Å²) in [4.78, 5) is 5.72. The van der Waals surface area contributed by atoms with Crippen molar-refractivity contribution in [2.45, 2.75) is 19.9 Å². The number of ether oxygens (including phenoxy) is 1. The molecule has 0 aliphatic rings. The number of aromatic nitrogens is 2. The van der Waals surface area contributed by atoms with E-state index in [1.54, 1.807) is 14.2 Å². The standard InChI is InChI=1S/C21H27N5OS/c1-16(13-20-5-4-12-28-20)14-23-21(22-2)24-15-17-10-11-26(25-17)18-6-8-19(27-3)9-7-18/h4-12,16H,13-15H2,1-3H3,(H2,22,23,24). The molecule has 3 rings (SSSR count).